The molecule has 0 unspecified atom stereocenters. The predicted molar refractivity (Wildman–Crippen MR) is 67.9 cm³/mol. The lowest BCUT2D eigenvalue weighted by Crippen LogP contribution is -2.31. The minimum absolute atomic E-state index is 0.324. The molecule has 0 heterocycles. The van der Waals surface area contributed by atoms with E-state index in [1.165, 1.54) is 0 Å². The maximum Gasteiger partial charge on any atom is 0.310 e. The zero-order chi connectivity index (χ0) is 13.1. The highest BCUT2D eigenvalue weighted by molar-refractivity contribution is 6.32. The van der Waals surface area contributed by atoms with Gasteiger partial charge in [-0.1, -0.05) is 11.6 Å². The van der Waals surface area contributed by atoms with Crippen LogP contribution in [0.2, 0.25) is 5.02 Å². The standard InChI is InChI=1S/C12H16ClNO3/c1-12(2,11(15)16)7-14-8-4-5-10(17-3)9(13)6-8/h4-6,14H,7H2,1-3H3,(H,15,16). The molecule has 0 saturated heterocycles. The molecule has 94 valence electrons. The molecule has 0 aromatic heterocycles. The van der Waals surface area contributed by atoms with E-state index in [0.29, 0.717) is 17.3 Å². The van der Waals surface area contributed by atoms with Gasteiger partial charge in [0.05, 0.1) is 17.5 Å². The molecule has 5 heteroatoms. The molecule has 1 aromatic carbocycles. The molecule has 0 aliphatic rings. The number of benzene rings is 1. The number of methoxy groups -OCH3 is 1. The van der Waals surface area contributed by atoms with Crippen LogP contribution in [-0.4, -0.2) is 24.7 Å². The van der Waals surface area contributed by atoms with E-state index in [1.807, 2.05) is 0 Å². The highest BCUT2D eigenvalue weighted by Crippen LogP contribution is 2.27. The lowest BCUT2D eigenvalue weighted by molar-refractivity contribution is -0.146. The third-order valence-corrected chi connectivity index (χ3v) is 2.76. The molecule has 1 rings (SSSR count). The van der Waals surface area contributed by atoms with Crippen molar-refractivity contribution in [1.29, 1.82) is 0 Å². The monoisotopic (exact) mass is 257 g/mol. The molecule has 0 aliphatic heterocycles. The molecule has 0 atom stereocenters. The van der Waals surface area contributed by atoms with Gasteiger partial charge in [-0.3, -0.25) is 4.79 Å². The van der Waals surface area contributed by atoms with Crippen molar-refractivity contribution in [1.82, 2.24) is 0 Å². The number of anilines is 1. The van der Waals surface area contributed by atoms with Gasteiger partial charge < -0.3 is 15.2 Å². The lowest BCUT2D eigenvalue weighted by Gasteiger charge is -2.20. The van der Waals surface area contributed by atoms with E-state index < -0.39 is 11.4 Å². The van der Waals surface area contributed by atoms with Crippen LogP contribution in [0.1, 0.15) is 13.8 Å². The normalized spacial score (nSPS) is 11.1. The number of hydrogen-bond donors (Lipinski definition) is 2. The number of aliphatic carboxylic acids is 1. The van der Waals surface area contributed by atoms with Crippen molar-refractivity contribution >= 4 is 23.3 Å². The average molecular weight is 258 g/mol. The van der Waals surface area contributed by atoms with E-state index in [2.05, 4.69) is 5.32 Å². The van der Waals surface area contributed by atoms with Crippen molar-refractivity contribution in [3.8, 4) is 5.75 Å². The number of hydrogen-bond acceptors (Lipinski definition) is 3. The van der Waals surface area contributed by atoms with Crippen molar-refractivity contribution in [3.63, 3.8) is 0 Å². The lowest BCUT2D eigenvalue weighted by atomic mass is 9.94. The van der Waals surface area contributed by atoms with Crippen LogP contribution in [0.5, 0.6) is 5.75 Å². The van der Waals surface area contributed by atoms with E-state index in [-0.39, 0.29) is 0 Å². The summed E-state index contributed by atoms with van der Waals surface area (Å²) < 4.78 is 5.03. The third-order valence-electron chi connectivity index (χ3n) is 2.47. The fourth-order valence-corrected chi connectivity index (χ4v) is 1.43. The van der Waals surface area contributed by atoms with Gasteiger partial charge in [0.1, 0.15) is 5.75 Å². The van der Waals surface area contributed by atoms with Crippen LogP contribution in [0.4, 0.5) is 5.69 Å². The molecule has 2 N–H and O–H groups in total. The molecule has 0 bridgehead atoms. The molecule has 0 spiro atoms. The van der Waals surface area contributed by atoms with Crippen LogP contribution >= 0.6 is 11.6 Å². The fraction of sp³-hybridized carbons (Fsp3) is 0.417. The summed E-state index contributed by atoms with van der Waals surface area (Å²) >= 11 is 5.96. The van der Waals surface area contributed by atoms with Crippen LogP contribution in [0.3, 0.4) is 0 Å². The summed E-state index contributed by atoms with van der Waals surface area (Å²) in [4.78, 5) is 10.9. The Bertz CT molecular complexity index is 418. The highest BCUT2D eigenvalue weighted by atomic mass is 35.5. The van der Waals surface area contributed by atoms with Crippen molar-refractivity contribution in [2.45, 2.75) is 13.8 Å². The molecule has 0 fully saturated rings. The van der Waals surface area contributed by atoms with Gasteiger partial charge >= 0.3 is 5.97 Å². The van der Waals surface area contributed by atoms with Crippen LogP contribution in [-0.2, 0) is 4.79 Å². The van der Waals surface area contributed by atoms with Crippen LogP contribution in [0.15, 0.2) is 18.2 Å². The van der Waals surface area contributed by atoms with Gasteiger partial charge in [0.15, 0.2) is 0 Å². The second-order valence-corrected chi connectivity index (χ2v) is 4.80. The molecule has 0 amide bonds. The second-order valence-electron chi connectivity index (χ2n) is 4.39. The van der Waals surface area contributed by atoms with E-state index in [4.69, 9.17) is 21.4 Å². The largest absolute Gasteiger partial charge is 0.495 e. The Labute approximate surface area is 106 Å². The number of nitrogens with one attached hydrogen (secondary N) is 1. The summed E-state index contributed by atoms with van der Waals surface area (Å²) in [6.45, 7) is 3.64. The van der Waals surface area contributed by atoms with E-state index in [9.17, 15) is 4.79 Å². The van der Waals surface area contributed by atoms with Crippen molar-refractivity contribution < 1.29 is 14.6 Å². The van der Waals surface area contributed by atoms with Gasteiger partial charge in [-0.2, -0.15) is 0 Å². The van der Waals surface area contributed by atoms with Gasteiger partial charge in [-0.25, -0.2) is 0 Å². The molecule has 0 aliphatic carbocycles. The van der Waals surface area contributed by atoms with E-state index in [1.54, 1.807) is 39.2 Å². The summed E-state index contributed by atoms with van der Waals surface area (Å²) in [5.74, 6) is -0.251. The fourth-order valence-electron chi connectivity index (χ4n) is 1.17. The minimum Gasteiger partial charge on any atom is -0.495 e. The molecule has 4 nitrogen and oxygen atoms in total. The quantitative estimate of drug-likeness (QED) is 0.852. The number of carboxylic acid groups (broad SMARTS) is 1. The Hall–Kier alpha value is -1.42. The smallest absolute Gasteiger partial charge is 0.310 e. The summed E-state index contributed by atoms with van der Waals surface area (Å²) in [6, 6.07) is 5.24. The Kier molecular flexibility index (Phi) is 4.23. The van der Waals surface area contributed by atoms with Crippen molar-refractivity contribution in [2.24, 2.45) is 5.41 Å². The Morgan fingerprint density at radius 3 is 2.65 bits per heavy atom. The zero-order valence-electron chi connectivity index (χ0n) is 10.1. The topological polar surface area (TPSA) is 58.6 Å². The maximum absolute atomic E-state index is 10.9. The summed E-state index contributed by atoms with van der Waals surface area (Å²) in [5, 5.41) is 12.5. The number of halogens is 1. The van der Waals surface area contributed by atoms with Crippen molar-refractivity contribution in [2.75, 3.05) is 19.0 Å². The van der Waals surface area contributed by atoms with E-state index >= 15 is 0 Å². The first-order valence-corrected chi connectivity index (χ1v) is 5.55. The summed E-state index contributed by atoms with van der Waals surface area (Å²) in [7, 11) is 1.54. The third kappa shape index (κ3) is 3.53. The molecule has 1 aromatic rings. The molecule has 17 heavy (non-hydrogen) atoms. The molecule has 0 saturated carbocycles. The van der Waals surface area contributed by atoms with Crippen LogP contribution in [0, 0.1) is 5.41 Å². The first kappa shape index (κ1) is 13.6. The summed E-state index contributed by atoms with van der Waals surface area (Å²) in [6.07, 6.45) is 0. The Balaban J connectivity index is 2.71. The first-order valence-electron chi connectivity index (χ1n) is 5.17. The SMILES string of the molecule is COc1ccc(NCC(C)(C)C(=O)O)cc1Cl. The highest BCUT2D eigenvalue weighted by Gasteiger charge is 2.26. The first-order chi connectivity index (χ1) is 7.86. The summed E-state index contributed by atoms with van der Waals surface area (Å²) in [5.41, 5.74) is -0.0583. The van der Waals surface area contributed by atoms with E-state index in [0.717, 1.165) is 5.69 Å². The van der Waals surface area contributed by atoms with Crippen molar-refractivity contribution in [3.05, 3.63) is 23.2 Å². The van der Waals surface area contributed by atoms with Crippen LogP contribution in [0.25, 0.3) is 0 Å². The Morgan fingerprint density at radius 2 is 2.18 bits per heavy atom. The second kappa shape index (κ2) is 5.27. The van der Waals surface area contributed by atoms with Gasteiger partial charge in [0.2, 0.25) is 0 Å². The van der Waals surface area contributed by atoms with Gasteiger partial charge in [0, 0.05) is 12.2 Å². The number of ether oxygens (including phenoxy) is 1. The Morgan fingerprint density at radius 1 is 1.53 bits per heavy atom. The van der Waals surface area contributed by atoms with Crippen LogP contribution < -0.4 is 10.1 Å². The zero-order valence-corrected chi connectivity index (χ0v) is 10.8. The molecule has 0 radical (unpaired) electrons. The maximum atomic E-state index is 10.9. The number of rotatable bonds is 5. The average Bonchev–Trinajstić information content (AvgIpc) is 2.26. The number of carboxylic acids is 1. The predicted octanol–water partition coefficient (Wildman–Crippen LogP) is 2.87. The molecular formula is C12H16ClNO3. The minimum atomic E-state index is -0.843. The number of carbonyl (C=O) groups is 1. The van der Waals surface area contributed by atoms with Gasteiger partial charge in [0.25, 0.3) is 0 Å². The van der Waals surface area contributed by atoms with Gasteiger partial charge in [-0.05, 0) is 32.0 Å². The van der Waals surface area contributed by atoms with Gasteiger partial charge in [-0.15, -0.1) is 0 Å². The molecular weight excluding hydrogens is 242 g/mol.